The summed E-state index contributed by atoms with van der Waals surface area (Å²) in [5, 5.41) is 1.21. The maximum absolute atomic E-state index is 13.4. The van der Waals surface area contributed by atoms with E-state index in [9.17, 15) is 18.0 Å². The molecule has 3 aromatic carbocycles. The highest BCUT2D eigenvalue weighted by atomic mass is 35.5. The molecule has 3 rings (SSSR count). The van der Waals surface area contributed by atoms with E-state index < -0.39 is 18.3 Å². The van der Waals surface area contributed by atoms with Gasteiger partial charge in [0.05, 0.1) is 5.56 Å². The summed E-state index contributed by atoms with van der Waals surface area (Å²) in [5.74, 6) is 0.0550. The van der Waals surface area contributed by atoms with Gasteiger partial charge in [-0.2, -0.15) is 13.2 Å². The van der Waals surface area contributed by atoms with Gasteiger partial charge in [-0.05, 0) is 59.2 Å². The van der Waals surface area contributed by atoms with Crippen LogP contribution in [-0.2, 0) is 11.0 Å². The van der Waals surface area contributed by atoms with Gasteiger partial charge in [0.2, 0.25) is 0 Å². The molecule has 2 nitrogen and oxygen atoms in total. The zero-order valence-electron chi connectivity index (χ0n) is 16.5. The third-order valence-electron chi connectivity index (χ3n) is 4.41. The van der Waals surface area contributed by atoms with E-state index in [1.165, 1.54) is 23.9 Å². The van der Waals surface area contributed by atoms with Crippen LogP contribution in [-0.4, -0.2) is 18.6 Å². The molecule has 0 amide bonds. The Morgan fingerprint density at radius 3 is 1.97 bits per heavy atom. The van der Waals surface area contributed by atoms with E-state index in [1.54, 1.807) is 24.3 Å². The number of rotatable bonds is 8. The number of hydrogen-bond donors (Lipinski definition) is 0. The van der Waals surface area contributed by atoms with E-state index in [2.05, 4.69) is 0 Å². The van der Waals surface area contributed by atoms with Crippen molar-refractivity contribution < 1.29 is 22.7 Å². The molecule has 166 valence electrons. The fourth-order valence-corrected chi connectivity index (χ4v) is 4.01. The summed E-state index contributed by atoms with van der Waals surface area (Å²) in [6.45, 7) is -0.441. The van der Waals surface area contributed by atoms with Crippen LogP contribution in [0.4, 0.5) is 13.2 Å². The van der Waals surface area contributed by atoms with Gasteiger partial charge in [-0.25, -0.2) is 0 Å². The van der Waals surface area contributed by atoms with E-state index in [0.29, 0.717) is 27.0 Å². The molecular formula is C24H17Cl2F3O2S. The summed E-state index contributed by atoms with van der Waals surface area (Å²) in [7, 11) is 0. The van der Waals surface area contributed by atoms with Gasteiger partial charge in [0.1, 0.15) is 12.4 Å². The molecule has 0 spiro atoms. The Bertz CT molecular complexity index is 1050. The lowest BCUT2D eigenvalue weighted by Crippen LogP contribution is -2.10. The average molecular weight is 497 g/mol. The molecule has 3 aromatic rings. The smallest absolute Gasteiger partial charge is 0.420 e. The molecule has 8 heteroatoms. The average Bonchev–Trinajstić information content (AvgIpc) is 2.77. The molecule has 0 unspecified atom stereocenters. The first-order valence-electron chi connectivity index (χ1n) is 9.40. The standard InChI is InChI=1S/C24H17Cl2F3O2S/c25-18-5-1-16(2-6-18)21(17-3-7-19(26)8-4-17)11-14-32-20-9-10-23(31-13-12-30)22(15-20)24(27,28)29/h1-12,15H,13-14H2. The monoisotopic (exact) mass is 496 g/mol. The molecule has 0 aliphatic heterocycles. The Hall–Kier alpha value is -2.41. The molecule has 32 heavy (non-hydrogen) atoms. The van der Waals surface area contributed by atoms with Gasteiger partial charge in [-0.1, -0.05) is 53.5 Å². The van der Waals surface area contributed by atoms with Crippen molar-refractivity contribution in [1.29, 1.82) is 0 Å². The van der Waals surface area contributed by atoms with Crippen LogP contribution in [0, 0.1) is 0 Å². The number of carbonyl (C=O) groups excluding carboxylic acids is 1. The van der Waals surface area contributed by atoms with Crippen LogP contribution in [0.2, 0.25) is 10.0 Å². The van der Waals surface area contributed by atoms with E-state index in [-0.39, 0.29) is 5.75 Å². The molecule has 0 aromatic heterocycles. The highest BCUT2D eigenvalue weighted by Crippen LogP contribution is 2.39. The summed E-state index contributed by atoms with van der Waals surface area (Å²) in [6, 6.07) is 18.5. The fourth-order valence-electron chi connectivity index (χ4n) is 2.95. The van der Waals surface area contributed by atoms with Crippen LogP contribution in [0.1, 0.15) is 16.7 Å². The minimum atomic E-state index is -4.59. The van der Waals surface area contributed by atoms with Gasteiger partial charge in [0, 0.05) is 20.7 Å². The quantitative estimate of drug-likeness (QED) is 0.235. The first-order chi connectivity index (χ1) is 15.3. The Morgan fingerprint density at radius 2 is 1.47 bits per heavy atom. The van der Waals surface area contributed by atoms with Crippen molar-refractivity contribution in [3.8, 4) is 5.75 Å². The van der Waals surface area contributed by atoms with Crippen molar-refractivity contribution in [2.75, 3.05) is 12.4 Å². The van der Waals surface area contributed by atoms with Gasteiger partial charge in [0.15, 0.2) is 6.29 Å². The number of alkyl halides is 3. The van der Waals surface area contributed by atoms with E-state index >= 15 is 0 Å². The van der Waals surface area contributed by atoms with Crippen molar-refractivity contribution in [3.05, 3.63) is 99.5 Å². The minimum Gasteiger partial charge on any atom is -0.486 e. The third kappa shape index (κ3) is 6.55. The molecule has 0 bridgehead atoms. The molecule has 0 aliphatic rings. The van der Waals surface area contributed by atoms with Crippen LogP contribution >= 0.6 is 35.0 Å². The van der Waals surface area contributed by atoms with Crippen LogP contribution in [0.5, 0.6) is 5.75 Å². The van der Waals surface area contributed by atoms with E-state index in [0.717, 1.165) is 22.8 Å². The summed E-state index contributed by atoms with van der Waals surface area (Å²) in [5.41, 5.74) is 1.84. The van der Waals surface area contributed by atoms with Crippen LogP contribution in [0.25, 0.3) is 5.57 Å². The zero-order chi connectivity index (χ0) is 23.1. The number of carbonyl (C=O) groups is 1. The van der Waals surface area contributed by atoms with Crippen LogP contribution < -0.4 is 4.74 Å². The number of aldehydes is 1. The van der Waals surface area contributed by atoms with Gasteiger partial charge in [0.25, 0.3) is 0 Å². The minimum absolute atomic E-state index is 0.368. The summed E-state index contributed by atoms with van der Waals surface area (Å²) in [6.07, 6.45) is -2.24. The maximum atomic E-state index is 13.4. The van der Waals surface area contributed by atoms with E-state index in [4.69, 9.17) is 27.9 Å². The zero-order valence-corrected chi connectivity index (χ0v) is 18.9. The third-order valence-corrected chi connectivity index (χ3v) is 5.84. The Balaban J connectivity index is 1.86. The van der Waals surface area contributed by atoms with Gasteiger partial charge in [-0.3, -0.25) is 4.79 Å². The van der Waals surface area contributed by atoms with Gasteiger partial charge >= 0.3 is 6.18 Å². The second-order valence-electron chi connectivity index (χ2n) is 6.58. The van der Waals surface area contributed by atoms with Crippen LogP contribution in [0.3, 0.4) is 0 Å². The molecule has 0 N–H and O–H groups in total. The first kappa shape index (κ1) is 24.2. The summed E-state index contributed by atoms with van der Waals surface area (Å²) in [4.78, 5) is 10.9. The molecular weight excluding hydrogens is 480 g/mol. The van der Waals surface area contributed by atoms with Gasteiger partial charge in [-0.15, -0.1) is 11.8 Å². The van der Waals surface area contributed by atoms with Crippen molar-refractivity contribution in [3.63, 3.8) is 0 Å². The molecule has 0 saturated carbocycles. The Kier molecular flexibility index (Phi) is 8.29. The molecule has 0 atom stereocenters. The highest BCUT2D eigenvalue weighted by Gasteiger charge is 2.34. The predicted molar refractivity (Wildman–Crippen MR) is 124 cm³/mol. The maximum Gasteiger partial charge on any atom is 0.420 e. The second-order valence-corrected chi connectivity index (χ2v) is 8.54. The normalized spacial score (nSPS) is 11.2. The summed E-state index contributed by atoms with van der Waals surface area (Å²) < 4.78 is 45.1. The molecule has 0 saturated heterocycles. The lowest BCUT2D eigenvalue weighted by Gasteiger charge is -2.14. The van der Waals surface area contributed by atoms with Crippen molar-refractivity contribution in [2.24, 2.45) is 0 Å². The first-order valence-corrected chi connectivity index (χ1v) is 11.1. The predicted octanol–water partition coefficient (Wildman–Crippen LogP) is 7.81. The Morgan fingerprint density at radius 1 is 0.906 bits per heavy atom. The van der Waals surface area contributed by atoms with Gasteiger partial charge < -0.3 is 4.74 Å². The highest BCUT2D eigenvalue weighted by molar-refractivity contribution is 7.99. The fraction of sp³-hybridized carbons (Fsp3) is 0.125. The van der Waals surface area contributed by atoms with E-state index in [1.807, 2.05) is 30.3 Å². The molecule has 0 aliphatic carbocycles. The van der Waals surface area contributed by atoms with Crippen molar-refractivity contribution in [1.82, 2.24) is 0 Å². The second kappa shape index (κ2) is 10.9. The number of benzene rings is 3. The molecule has 0 heterocycles. The number of halogens is 5. The largest absolute Gasteiger partial charge is 0.486 e. The number of thioether (sulfide) groups is 1. The summed E-state index contributed by atoms with van der Waals surface area (Å²) >= 11 is 13.3. The lowest BCUT2D eigenvalue weighted by atomic mass is 9.98. The SMILES string of the molecule is O=CCOc1ccc(SCC=C(c2ccc(Cl)cc2)c2ccc(Cl)cc2)cc1C(F)(F)F. The molecule has 0 radical (unpaired) electrons. The molecule has 0 fully saturated rings. The topological polar surface area (TPSA) is 26.3 Å². The Labute approximate surface area is 198 Å². The van der Waals surface area contributed by atoms with Crippen LogP contribution in [0.15, 0.2) is 77.7 Å². The van der Waals surface area contributed by atoms with Crippen molar-refractivity contribution in [2.45, 2.75) is 11.1 Å². The lowest BCUT2D eigenvalue weighted by molar-refractivity contribution is -0.139. The van der Waals surface area contributed by atoms with Crippen molar-refractivity contribution >= 4 is 46.8 Å². The number of ether oxygens (including phenoxy) is 1. The number of hydrogen-bond acceptors (Lipinski definition) is 3.